The number of benzene rings is 1. The summed E-state index contributed by atoms with van der Waals surface area (Å²) < 4.78 is 6.64. The molecule has 1 aromatic carbocycles. The molecule has 5 heteroatoms. The average Bonchev–Trinajstić information content (AvgIpc) is 2.91. The zero-order chi connectivity index (χ0) is 14.8. The lowest BCUT2D eigenvalue weighted by Gasteiger charge is -2.12. The number of halogens is 2. The lowest BCUT2D eigenvalue weighted by molar-refractivity contribution is 0.340. The number of ether oxygens (including phenoxy) is 1. The Labute approximate surface area is 150 Å². The third-order valence-electron chi connectivity index (χ3n) is 3.45. The second-order valence-electron chi connectivity index (χ2n) is 4.88. The Kier molecular flexibility index (Phi) is 5.36. The number of alkyl halides is 1. The maximum Gasteiger partial charge on any atom is 0.120 e. The van der Waals surface area contributed by atoms with Crippen LogP contribution in [0.4, 0.5) is 0 Å². The third-order valence-corrected chi connectivity index (χ3v) is 7.74. The Balaban J connectivity index is 1.87. The SMILES string of the molecule is CCOc1ccc(C(Br)c2cc3c(s2)CCSC3)c(Br)c1. The van der Waals surface area contributed by atoms with Gasteiger partial charge in [-0.1, -0.05) is 37.9 Å². The van der Waals surface area contributed by atoms with Gasteiger partial charge >= 0.3 is 0 Å². The highest BCUT2D eigenvalue weighted by atomic mass is 79.9. The molecular formula is C16H16Br2OS2. The van der Waals surface area contributed by atoms with Crippen LogP contribution in [0, 0.1) is 0 Å². The Morgan fingerprint density at radius 1 is 1.33 bits per heavy atom. The van der Waals surface area contributed by atoms with Crippen molar-refractivity contribution in [3.8, 4) is 5.75 Å². The second kappa shape index (κ2) is 7.07. The van der Waals surface area contributed by atoms with E-state index in [1.165, 1.54) is 28.2 Å². The normalized spacial score (nSPS) is 15.6. The Bertz CT molecular complexity index is 616. The Morgan fingerprint density at radius 2 is 2.19 bits per heavy atom. The van der Waals surface area contributed by atoms with Crippen LogP contribution in [0.3, 0.4) is 0 Å². The fourth-order valence-corrected chi connectivity index (χ4v) is 6.50. The van der Waals surface area contributed by atoms with Gasteiger partial charge < -0.3 is 4.74 Å². The first-order valence-corrected chi connectivity index (χ1v) is 10.6. The number of rotatable bonds is 4. The third kappa shape index (κ3) is 3.52. The van der Waals surface area contributed by atoms with Crippen LogP contribution in [0.5, 0.6) is 5.75 Å². The molecule has 0 amide bonds. The van der Waals surface area contributed by atoms with E-state index in [9.17, 15) is 0 Å². The molecule has 0 fully saturated rings. The molecule has 1 aliphatic rings. The van der Waals surface area contributed by atoms with E-state index in [0.29, 0.717) is 6.61 Å². The molecular weight excluding hydrogens is 432 g/mol. The van der Waals surface area contributed by atoms with Crippen LogP contribution in [0.25, 0.3) is 0 Å². The van der Waals surface area contributed by atoms with E-state index in [1.807, 2.05) is 36.1 Å². The maximum absolute atomic E-state index is 5.55. The topological polar surface area (TPSA) is 9.23 Å². The highest BCUT2D eigenvalue weighted by Crippen LogP contribution is 2.42. The van der Waals surface area contributed by atoms with Gasteiger partial charge in [-0.2, -0.15) is 11.8 Å². The van der Waals surface area contributed by atoms with Gasteiger partial charge in [0.05, 0.1) is 11.4 Å². The lowest BCUT2D eigenvalue weighted by Crippen LogP contribution is -1.96. The standard InChI is InChI=1S/C16H16Br2OS2/c1-2-19-11-3-4-12(13(17)8-11)16(18)15-7-10-9-20-6-5-14(10)21-15/h3-4,7-8,16H,2,5-6,9H2,1H3. The van der Waals surface area contributed by atoms with Gasteiger partial charge in [-0.25, -0.2) is 0 Å². The summed E-state index contributed by atoms with van der Waals surface area (Å²) in [5, 5.41) is 0. The number of thiophene rings is 1. The van der Waals surface area contributed by atoms with E-state index < -0.39 is 0 Å². The minimum absolute atomic E-state index is 0.239. The summed E-state index contributed by atoms with van der Waals surface area (Å²) in [6, 6.07) is 8.61. The maximum atomic E-state index is 5.55. The molecule has 0 N–H and O–H groups in total. The smallest absolute Gasteiger partial charge is 0.120 e. The molecule has 1 nitrogen and oxygen atoms in total. The first-order valence-electron chi connectivity index (χ1n) is 6.94. The second-order valence-corrected chi connectivity index (χ2v) is 8.92. The van der Waals surface area contributed by atoms with Crippen molar-refractivity contribution in [2.45, 2.75) is 23.9 Å². The van der Waals surface area contributed by atoms with Crippen LogP contribution in [0.2, 0.25) is 0 Å². The first-order chi connectivity index (χ1) is 10.2. The average molecular weight is 448 g/mol. The van der Waals surface area contributed by atoms with Crippen molar-refractivity contribution in [3.05, 3.63) is 49.6 Å². The quantitative estimate of drug-likeness (QED) is 0.517. The van der Waals surface area contributed by atoms with Gasteiger partial charge in [0.25, 0.3) is 0 Å². The van der Waals surface area contributed by atoms with Crippen LogP contribution in [-0.4, -0.2) is 12.4 Å². The monoisotopic (exact) mass is 446 g/mol. The zero-order valence-electron chi connectivity index (χ0n) is 11.7. The number of hydrogen-bond donors (Lipinski definition) is 0. The summed E-state index contributed by atoms with van der Waals surface area (Å²) in [6.45, 7) is 2.70. The fraction of sp³-hybridized carbons (Fsp3) is 0.375. The molecule has 1 aliphatic heterocycles. The Morgan fingerprint density at radius 3 is 2.90 bits per heavy atom. The molecule has 2 heterocycles. The molecule has 0 radical (unpaired) electrons. The van der Waals surface area contributed by atoms with Gasteiger partial charge in [-0.05, 0) is 48.4 Å². The van der Waals surface area contributed by atoms with Crippen molar-refractivity contribution < 1.29 is 4.74 Å². The molecule has 0 spiro atoms. The van der Waals surface area contributed by atoms with Crippen LogP contribution in [0.15, 0.2) is 28.7 Å². The Hall–Kier alpha value is 0.0300. The molecule has 1 aromatic heterocycles. The van der Waals surface area contributed by atoms with E-state index in [1.54, 1.807) is 4.88 Å². The zero-order valence-corrected chi connectivity index (χ0v) is 16.5. The van der Waals surface area contributed by atoms with Crippen LogP contribution in [-0.2, 0) is 12.2 Å². The summed E-state index contributed by atoms with van der Waals surface area (Å²) >= 11 is 11.5. The van der Waals surface area contributed by atoms with Gasteiger partial charge in [0.1, 0.15) is 5.75 Å². The largest absolute Gasteiger partial charge is 0.494 e. The van der Waals surface area contributed by atoms with Crippen molar-refractivity contribution >= 4 is 55.0 Å². The molecule has 0 aliphatic carbocycles. The van der Waals surface area contributed by atoms with Crippen LogP contribution < -0.4 is 4.74 Å². The molecule has 1 atom stereocenters. The summed E-state index contributed by atoms with van der Waals surface area (Å²) in [6.07, 6.45) is 1.22. The molecule has 1 unspecified atom stereocenters. The van der Waals surface area contributed by atoms with E-state index in [0.717, 1.165) is 16.0 Å². The number of hydrogen-bond acceptors (Lipinski definition) is 3. The van der Waals surface area contributed by atoms with Crippen molar-refractivity contribution in [2.75, 3.05) is 12.4 Å². The molecule has 0 saturated heterocycles. The number of fused-ring (bicyclic) bond motifs is 1. The van der Waals surface area contributed by atoms with Gasteiger partial charge in [0.15, 0.2) is 0 Å². The van der Waals surface area contributed by atoms with Crippen molar-refractivity contribution in [1.29, 1.82) is 0 Å². The predicted molar refractivity (Wildman–Crippen MR) is 100 cm³/mol. The van der Waals surface area contributed by atoms with Gasteiger partial charge in [0, 0.05) is 20.0 Å². The molecule has 21 heavy (non-hydrogen) atoms. The summed E-state index contributed by atoms with van der Waals surface area (Å²) in [4.78, 5) is 3.20. The van der Waals surface area contributed by atoms with E-state index in [4.69, 9.17) is 4.74 Å². The van der Waals surface area contributed by atoms with Crippen LogP contribution >= 0.6 is 55.0 Å². The lowest BCUT2D eigenvalue weighted by atomic mass is 10.1. The highest BCUT2D eigenvalue weighted by Gasteiger charge is 2.20. The fourth-order valence-electron chi connectivity index (χ4n) is 2.42. The molecule has 3 rings (SSSR count). The van der Waals surface area contributed by atoms with Crippen LogP contribution in [0.1, 0.15) is 32.6 Å². The van der Waals surface area contributed by atoms with Crippen molar-refractivity contribution in [3.63, 3.8) is 0 Å². The molecule has 2 aromatic rings. The summed E-state index contributed by atoms with van der Waals surface area (Å²) in [5.41, 5.74) is 2.78. The van der Waals surface area contributed by atoms with Gasteiger partial charge in [0.2, 0.25) is 0 Å². The van der Waals surface area contributed by atoms with Crippen molar-refractivity contribution in [2.24, 2.45) is 0 Å². The van der Waals surface area contributed by atoms with E-state index in [-0.39, 0.29) is 4.83 Å². The number of thioether (sulfide) groups is 1. The van der Waals surface area contributed by atoms with Gasteiger partial charge in [-0.15, -0.1) is 11.3 Å². The summed E-state index contributed by atoms with van der Waals surface area (Å²) in [5.74, 6) is 3.33. The van der Waals surface area contributed by atoms with Gasteiger partial charge in [-0.3, -0.25) is 0 Å². The minimum Gasteiger partial charge on any atom is -0.494 e. The van der Waals surface area contributed by atoms with E-state index >= 15 is 0 Å². The molecule has 0 bridgehead atoms. The molecule has 112 valence electrons. The van der Waals surface area contributed by atoms with E-state index in [2.05, 4.69) is 50.1 Å². The first kappa shape index (κ1) is 15.9. The minimum atomic E-state index is 0.239. The van der Waals surface area contributed by atoms with Crippen molar-refractivity contribution in [1.82, 2.24) is 0 Å². The molecule has 0 saturated carbocycles. The highest BCUT2D eigenvalue weighted by molar-refractivity contribution is 9.11. The number of aryl methyl sites for hydroxylation is 1. The summed E-state index contributed by atoms with van der Waals surface area (Å²) in [7, 11) is 0. The predicted octanol–water partition coefficient (Wildman–Crippen LogP) is 6.18.